The Morgan fingerprint density at radius 1 is 1.40 bits per heavy atom. The van der Waals surface area contributed by atoms with Crippen molar-refractivity contribution in [3.8, 4) is 0 Å². The second-order valence-electron chi connectivity index (χ2n) is 5.23. The average Bonchev–Trinajstić information content (AvgIpc) is 2.69. The molecular weight excluding hydrogens is 325 g/mol. The van der Waals surface area contributed by atoms with Crippen LogP contribution in [0.4, 0.5) is 4.39 Å². The van der Waals surface area contributed by atoms with Crippen LogP contribution in [-0.4, -0.2) is 13.7 Å². The van der Waals surface area contributed by atoms with Crippen LogP contribution in [0, 0.1) is 11.7 Å². The molecular formula is C15H19BrFNO2. The van der Waals surface area contributed by atoms with Crippen molar-refractivity contribution < 1.29 is 13.5 Å². The van der Waals surface area contributed by atoms with Crippen LogP contribution in [0.25, 0.3) is 11.0 Å². The van der Waals surface area contributed by atoms with Crippen molar-refractivity contribution in [2.24, 2.45) is 5.92 Å². The molecule has 0 atom stereocenters. The number of hydrogen-bond acceptors (Lipinski definition) is 3. The van der Waals surface area contributed by atoms with Gasteiger partial charge in [-0.15, -0.1) is 0 Å². The normalized spacial score (nSPS) is 11.7. The van der Waals surface area contributed by atoms with E-state index in [0.29, 0.717) is 29.1 Å². The lowest BCUT2D eigenvalue weighted by atomic mass is 10.1. The van der Waals surface area contributed by atoms with Gasteiger partial charge in [0.05, 0.1) is 17.6 Å². The van der Waals surface area contributed by atoms with Crippen molar-refractivity contribution >= 4 is 26.9 Å². The number of nitrogens with one attached hydrogen (secondary N) is 1. The van der Waals surface area contributed by atoms with E-state index in [0.717, 1.165) is 23.3 Å². The summed E-state index contributed by atoms with van der Waals surface area (Å²) in [5, 5.41) is 4.10. The van der Waals surface area contributed by atoms with Crippen LogP contribution in [0.3, 0.4) is 0 Å². The fourth-order valence-corrected chi connectivity index (χ4v) is 2.66. The van der Waals surface area contributed by atoms with E-state index in [4.69, 9.17) is 9.15 Å². The summed E-state index contributed by atoms with van der Waals surface area (Å²) >= 11 is 3.34. The first-order chi connectivity index (χ1) is 9.52. The molecule has 0 bridgehead atoms. The highest BCUT2D eigenvalue weighted by Crippen LogP contribution is 2.33. The quantitative estimate of drug-likeness (QED) is 0.852. The largest absolute Gasteiger partial charge is 0.458 e. The molecule has 0 saturated carbocycles. The summed E-state index contributed by atoms with van der Waals surface area (Å²) in [7, 11) is 1.62. The summed E-state index contributed by atoms with van der Waals surface area (Å²) in [6.45, 7) is 6.21. The molecule has 0 amide bonds. The molecule has 2 rings (SSSR count). The molecule has 0 aliphatic carbocycles. The second-order valence-corrected chi connectivity index (χ2v) is 6.08. The molecule has 1 heterocycles. The van der Waals surface area contributed by atoms with Gasteiger partial charge in [-0.2, -0.15) is 0 Å². The Morgan fingerprint density at radius 3 is 2.80 bits per heavy atom. The SMILES string of the molecule is COCc1c(CNCC(C)C)oc2c(Br)cc(F)cc12. The number of fused-ring (bicyclic) bond motifs is 1. The van der Waals surface area contributed by atoms with Crippen molar-refractivity contribution in [3.63, 3.8) is 0 Å². The zero-order valence-corrected chi connectivity index (χ0v) is 13.5. The van der Waals surface area contributed by atoms with E-state index in [1.165, 1.54) is 12.1 Å². The Kier molecular flexibility index (Phi) is 5.18. The fraction of sp³-hybridized carbons (Fsp3) is 0.467. The van der Waals surface area contributed by atoms with E-state index in [1.54, 1.807) is 7.11 Å². The Balaban J connectivity index is 2.37. The molecule has 0 fully saturated rings. The predicted octanol–water partition coefficient (Wildman–Crippen LogP) is 4.23. The standard InChI is InChI=1S/C15H19BrFNO2/c1-9(2)6-18-7-14-12(8-19-3)11-4-10(17)5-13(16)15(11)20-14/h4-5,9,18H,6-8H2,1-3H3. The first-order valence-corrected chi connectivity index (χ1v) is 7.41. The molecule has 3 nitrogen and oxygen atoms in total. The zero-order valence-electron chi connectivity index (χ0n) is 11.9. The highest BCUT2D eigenvalue weighted by Gasteiger charge is 2.17. The van der Waals surface area contributed by atoms with Crippen LogP contribution in [0.15, 0.2) is 21.0 Å². The van der Waals surface area contributed by atoms with Gasteiger partial charge in [-0.05, 0) is 40.5 Å². The Morgan fingerprint density at radius 2 is 2.15 bits per heavy atom. The molecule has 1 N–H and O–H groups in total. The van der Waals surface area contributed by atoms with E-state index < -0.39 is 0 Å². The molecule has 1 aromatic carbocycles. The van der Waals surface area contributed by atoms with Crippen LogP contribution in [-0.2, 0) is 17.9 Å². The lowest BCUT2D eigenvalue weighted by Crippen LogP contribution is -2.19. The number of rotatable bonds is 6. The second kappa shape index (κ2) is 6.70. The number of hydrogen-bond donors (Lipinski definition) is 1. The smallest absolute Gasteiger partial charge is 0.149 e. The Hall–Kier alpha value is -0.910. The van der Waals surface area contributed by atoms with Crippen LogP contribution in [0.2, 0.25) is 0 Å². The lowest BCUT2D eigenvalue weighted by molar-refractivity contribution is 0.183. The van der Waals surface area contributed by atoms with Gasteiger partial charge in [0.15, 0.2) is 0 Å². The highest BCUT2D eigenvalue weighted by molar-refractivity contribution is 9.10. The minimum absolute atomic E-state index is 0.288. The van der Waals surface area contributed by atoms with Gasteiger partial charge in [-0.1, -0.05) is 13.8 Å². The zero-order chi connectivity index (χ0) is 14.7. The van der Waals surface area contributed by atoms with Gasteiger partial charge in [0, 0.05) is 18.1 Å². The maximum Gasteiger partial charge on any atom is 0.149 e. The third kappa shape index (κ3) is 3.40. The summed E-state index contributed by atoms with van der Waals surface area (Å²) in [6, 6.07) is 2.90. The molecule has 0 spiro atoms. The minimum atomic E-state index is -0.288. The summed E-state index contributed by atoms with van der Waals surface area (Å²) in [4.78, 5) is 0. The summed E-state index contributed by atoms with van der Waals surface area (Å²) in [6.07, 6.45) is 0. The van der Waals surface area contributed by atoms with Crippen molar-refractivity contribution in [2.45, 2.75) is 27.0 Å². The Bertz CT molecular complexity index is 595. The molecule has 110 valence electrons. The Labute approximate surface area is 126 Å². The molecule has 0 saturated heterocycles. The summed E-state index contributed by atoms with van der Waals surface area (Å²) in [5.74, 6) is 1.08. The number of methoxy groups -OCH3 is 1. The van der Waals surface area contributed by atoms with Crippen molar-refractivity contribution in [1.82, 2.24) is 5.32 Å². The van der Waals surface area contributed by atoms with Gasteiger partial charge in [0.2, 0.25) is 0 Å². The van der Waals surface area contributed by atoms with Gasteiger partial charge >= 0.3 is 0 Å². The van der Waals surface area contributed by atoms with Crippen LogP contribution in [0.5, 0.6) is 0 Å². The number of furan rings is 1. The van der Waals surface area contributed by atoms with E-state index >= 15 is 0 Å². The third-order valence-electron chi connectivity index (χ3n) is 3.02. The van der Waals surface area contributed by atoms with Crippen molar-refractivity contribution in [3.05, 3.63) is 33.7 Å². The molecule has 0 aliphatic heterocycles. The molecule has 5 heteroatoms. The molecule has 0 unspecified atom stereocenters. The van der Waals surface area contributed by atoms with Gasteiger partial charge < -0.3 is 14.5 Å². The van der Waals surface area contributed by atoms with Gasteiger partial charge in [-0.25, -0.2) is 4.39 Å². The highest BCUT2D eigenvalue weighted by atomic mass is 79.9. The van der Waals surface area contributed by atoms with Crippen molar-refractivity contribution in [2.75, 3.05) is 13.7 Å². The summed E-state index contributed by atoms with van der Waals surface area (Å²) in [5.41, 5.74) is 1.57. The maximum atomic E-state index is 13.6. The first-order valence-electron chi connectivity index (χ1n) is 6.61. The van der Waals surface area contributed by atoms with Crippen LogP contribution >= 0.6 is 15.9 Å². The first kappa shape index (κ1) is 15.5. The minimum Gasteiger partial charge on any atom is -0.458 e. The van der Waals surface area contributed by atoms with E-state index in [2.05, 4.69) is 35.1 Å². The predicted molar refractivity (Wildman–Crippen MR) is 81.1 cm³/mol. The van der Waals surface area contributed by atoms with Gasteiger partial charge in [-0.3, -0.25) is 0 Å². The third-order valence-corrected chi connectivity index (χ3v) is 3.61. The number of halogens is 2. The molecule has 0 aliphatic rings. The monoisotopic (exact) mass is 343 g/mol. The van der Waals surface area contributed by atoms with Crippen molar-refractivity contribution in [1.29, 1.82) is 0 Å². The van der Waals surface area contributed by atoms with Gasteiger partial charge in [0.1, 0.15) is 17.2 Å². The molecule has 2 aromatic rings. The van der Waals surface area contributed by atoms with Crippen LogP contribution in [0.1, 0.15) is 25.2 Å². The van der Waals surface area contributed by atoms with E-state index in [9.17, 15) is 4.39 Å². The molecule has 1 aromatic heterocycles. The lowest BCUT2D eigenvalue weighted by Gasteiger charge is -2.07. The maximum absolute atomic E-state index is 13.6. The van der Waals surface area contributed by atoms with E-state index in [1.807, 2.05) is 0 Å². The molecule has 0 radical (unpaired) electrons. The number of benzene rings is 1. The van der Waals surface area contributed by atoms with Crippen LogP contribution < -0.4 is 5.32 Å². The van der Waals surface area contributed by atoms with Gasteiger partial charge in [0.25, 0.3) is 0 Å². The molecule has 20 heavy (non-hydrogen) atoms. The summed E-state index contributed by atoms with van der Waals surface area (Å²) < 4.78 is 25.3. The van der Waals surface area contributed by atoms with E-state index in [-0.39, 0.29) is 5.82 Å². The number of ether oxygens (including phenoxy) is 1. The topological polar surface area (TPSA) is 34.4 Å². The average molecular weight is 344 g/mol. The fourth-order valence-electron chi connectivity index (χ4n) is 2.14.